The van der Waals surface area contributed by atoms with Crippen molar-refractivity contribution in [2.45, 2.75) is 57.6 Å². The Hall–Kier alpha value is -5.41. The summed E-state index contributed by atoms with van der Waals surface area (Å²) in [5.41, 5.74) is 3.88. The third kappa shape index (κ3) is 9.39. The number of nitrogens with one attached hydrogen (secondary N) is 1. The van der Waals surface area contributed by atoms with Gasteiger partial charge in [0.05, 0.1) is 10.6 Å². The topological polar surface area (TPSA) is 96.0 Å². The van der Waals surface area contributed by atoms with Crippen molar-refractivity contribution in [2.24, 2.45) is 0 Å². The van der Waals surface area contributed by atoms with E-state index in [0.717, 1.165) is 26.6 Å². The van der Waals surface area contributed by atoms with E-state index in [-0.39, 0.29) is 35.5 Å². The van der Waals surface area contributed by atoms with E-state index >= 15 is 0 Å². The molecule has 0 saturated carbocycles. The number of amides is 2. The van der Waals surface area contributed by atoms with Gasteiger partial charge in [-0.3, -0.25) is 13.9 Å². The number of benzene rings is 5. The van der Waals surface area contributed by atoms with Gasteiger partial charge in [-0.1, -0.05) is 96.1 Å². The molecule has 0 aromatic heterocycles. The molecule has 0 saturated heterocycles. The number of anilines is 1. The summed E-state index contributed by atoms with van der Waals surface area (Å²) >= 11 is 0. The van der Waals surface area contributed by atoms with Gasteiger partial charge in [-0.25, -0.2) is 8.42 Å². The second kappa shape index (κ2) is 16.3. The van der Waals surface area contributed by atoms with Crippen LogP contribution in [-0.2, 0) is 32.6 Å². The molecule has 0 radical (unpaired) electrons. The first kappa shape index (κ1) is 35.9. The van der Waals surface area contributed by atoms with Gasteiger partial charge in [-0.05, 0) is 87.4 Å². The minimum atomic E-state index is -4.23. The van der Waals surface area contributed by atoms with Crippen molar-refractivity contribution in [3.8, 4) is 11.5 Å². The number of ether oxygens (including phenoxy) is 1. The van der Waals surface area contributed by atoms with Gasteiger partial charge in [0.2, 0.25) is 11.8 Å². The Kier molecular flexibility index (Phi) is 11.7. The van der Waals surface area contributed by atoms with Gasteiger partial charge in [-0.2, -0.15) is 0 Å². The lowest BCUT2D eigenvalue weighted by Gasteiger charge is -2.34. The van der Waals surface area contributed by atoms with Crippen LogP contribution in [0.4, 0.5) is 5.69 Å². The van der Waals surface area contributed by atoms with Crippen molar-refractivity contribution < 1.29 is 22.7 Å². The maximum Gasteiger partial charge on any atom is 0.264 e. The summed E-state index contributed by atoms with van der Waals surface area (Å²) in [6, 6.07) is 38.5. The van der Waals surface area contributed by atoms with Gasteiger partial charge in [0, 0.05) is 19.0 Å². The third-order valence-corrected chi connectivity index (χ3v) is 9.92. The van der Waals surface area contributed by atoms with E-state index in [2.05, 4.69) is 5.32 Å². The number of hydrogen-bond acceptors (Lipinski definition) is 5. The molecule has 1 atom stereocenters. The molecule has 8 nitrogen and oxygen atoms in total. The maximum absolute atomic E-state index is 14.7. The van der Waals surface area contributed by atoms with Crippen molar-refractivity contribution in [3.05, 3.63) is 156 Å². The van der Waals surface area contributed by atoms with Crippen LogP contribution in [0.2, 0.25) is 0 Å². The molecule has 0 spiro atoms. The lowest BCUT2D eigenvalue weighted by Crippen LogP contribution is -2.54. The fourth-order valence-electron chi connectivity index (χ4n) is 5.61. The van der Waals surface area contributed by atoms with Gasteiger partial charge in [-0.15, -0.1) is 0 Å². The largest absolute Gasteiger partial charge is 0.457 e. The summed E-state index contributed by atoms with van der Waals surface area (Å²) < 4.78 is 35.8. The third-order valence-electron chi connectivity index (χ3n) is 8.13. The van der Waals surface area contributed by atoms with Crippen LogP contribution >= 0.6 is 0 Å². The van der Waals surface area contributed by atoms with Crippen LogP contribution in [0, 0.1) is 13.8 Å². The van der Waals surface area contributed by atoms with E-state index in [0.29, 0.717) is 11.5 Å². The molecule has 258 valence electrons. The highest BCUT2D eigenvalue weighted by atomic mass is 32.2. The normalized spacial score (nSPS) is 11.9. The fourth-order valence-corrected chi connectivity index (χ4v) is 7.03. The van der Waals surface area contributed by atoms with Crippen LogP contribution in [0.3, 0.4) is 0 Å². The zero-order valence-corrected chi connectivity index (χ0v) is 29.6. The van der Waals surface area contributed by atoms with E-state index in [9.17, 15) is 18.0 Å². The molecule has 5 aromatic carbocycles. The lowest BCUT2D eigenvalue weighted by atomic mass is 10.0. The fraction of sp³-hybridized carbons (Fsp3) is 0.220. The number of aryl methyl sites for hydroxylation is 2. The van der Waals surface area contributed by atoms with Gasteiger partial charge in [0.25, 0.3) is 10.0 Å². The van der Waals surface area contributed by atoms with Gasteiger partial charge in [0.1, 0.15) is 24.1 Å². The van der Waals surface area contributed by atoms with Crippen molar-refractivity contribution in [1.29, 1.82) is 0 Å². The molecule has 0 fully saturated rings. The average molecular weight is 690 g/mol. The summed E-state index contributed by atoms with van der Waals surface area (Å²) in [5.74, 6) is 0.302. The van der Waals surface area contributed by atoms with Crippen LogP contribution in [0.25, 0.3) is 0 Å². The number of rotatable bonds is 14. The zero-order chi connectivity index (χ0) is 35.7. The highest BCUT2D eigenvalue weighted by molar-refractivity contribution is 7.92. The summed E-state index contributed by atoms with van der Waals surface area (Å²) in [5, 5.41) is 2.99. The molecule has 5 aromatic rings. The van der Waals surface area contributed by atoms with Crippen LogP contribution in [0.5, 0.6) is 11.5 Å². The van der Waals surface area contributed by atoms with E-state index in [1.54, 1.807) is 36.4 Å². The van der Waals surface area contributed by atoms with E-state index in [1.807, 2.05) is 113 Å². The minimum absolute atomic E-state index is 0.0455. The van der Waals surface area contributed by atoms with Crippen molar-refractivity contribution in [3.63, 3.8) is 0 Å². The number of para-hydroxylation sites is 1. The van der Waals surface area contributed by atoms with Crippen molar-refractivity contribution >= 4 is 27.5 Å². The number of carbonyl (C=O) groups excluding carboxylic acids is 2. The van der Waals surface area contributed by atoms with E-state index in [4.69, 9.17) is 4.74 Å². The van der Waals surface area contributed by atoms with E-state index < -0.39 is 28.5 Å². The van der Waals surface area contributed by atoms with Crippen LogP contribution < -0.4 is 14.4 Å². The Morgan fingerprint density at radius 1 is 0.700 bits per heavy atom. The van der Waals surface area contributed by atoms with Crippen LogP contribution in [-0.4, -0.2) is 43.8 Å². The van der Waals surface area contributed by atoms with Gasteiger partial charge >= 0.3 is 0 Å². The highest BCUT2D eigenvalue weighted by Gasteiger charge is 2.35. The first-order valence-electron chi connectivity index (χ1n) is 16.6. The maximum atomic E-state index is 14.7. The average Bonchev–Trinajstić information content (AvgIpc) is 3.10. The van der Waals surface area contributed by atoms with Crippen LogP contribution in [0.1, 0.15) is 36.1 Å². The molecule has 50 heavy (non-hydrogen) atoms. The Bertz CT molecular complexity index is 1980. The Labute approximate surface area is 295 Å². The SMILES string of the molecule is Cc1ccc(S(=O)(=O)N(CC(=O)N(Cc2cccc(C)c2)[C@@H](Cc2ccccc2)C(=O)NC(C)C)c2ccc(Oc3ccccc3)cc2)cc1. The second-order valence-corrected chi connectivity index (χ2v) is 14.5. The van der Waals surface area contributed by atoms with Gasteiger partial charge < -0.3 is 15.0 Å². The molecular formula is C41H43N3O5S. The molecule has 5 rings (SSSR count). The monoisotopic (exact) mass is 689 g/mol. The molecule has 0 aliphatic carbocycles. The molecule has 9 heteroatoms. The molecule has 0 aliphatic heterocycles. The standard InChI is InChI=1S/C41H43N3O5S/c1-30(2)42-41(46)39(27-33-13-7-5-8-14-33)43(28-34-15-11-12-32(4)26-34)40(45)29-44(50(47,48)38-24-18-31(3)19-25-38)35-20-22-37(23-21-35)49-36-16-9-6-10-17-36/h5-26,30,39H,27-29H2,1-4H3,(H,42,46)/t39-/m0/s1. The molecule has 0 bridgehead atoms. The van der Waals surface area contributed by atoms with Crippen LogP contribution in [0.15, 0.2) is 138 Å². The molecule has 1 N–H and O–H groups in total. The van der Waals surface area contributed by atoms with Gasteiger partial charge in [0.15, 0.2) is 0 Å². The van der Waals surface area contributed by atoms with E-state index in [1.165, 1.54) is 17.0 Å². The molecule has 0 unspecified atom stereocenters. The second-order valence-electron chi connectivity index (χ2n) is 12.6. The minimum Gasteiger partial charge on any atom is -0.457 e. The highest BCUT2D eigenvalue weighted by Crippen LogP contribution is 2.29. The lowest BCUT2D eigenvalue weighted by molar-refractivity contribution is -0.140. The predicted molar refractivity (Wildman–Crippen MR) is 198 cm³/mol. The molecule has 0 heterocycles. The zero-order valence-electron chi connectivity index (χ0n) is 28.8. The quantitative estimate of drug-likeness (QED) is 0.131. The Balaban J connectivity index is 1.56. The number of sulfonamides is 1. The first-order valence-corrected chi connectivity index (χ1v) is 18.1. The summed E-state index contributed by atoms with van der Waals surface area (Å²) in [6.07, 6.45) is 0.243. The number of carbonyl (C=O) groups is 2. The Morgan fingerprint density at radius 3 is 1.92 bits per heavy atom. The predicted octanol–water partition coefficient (Wildman–Crippen LogP) is 7.46. The first-order chi connectivity index (χ1) is 24.0. The van der Waals surface area contributed by atoms with Crippen molar-refractivity contribution in [1.82, 2.24) is 10.2 Å². The summed E-state index contributed by atoms with van der Waals surface area (Å²) in [4.78, 5) is 30.1. The molecular weight excluding hydrogens is 647 g/mol. The summed E-state index contributed by atoms with van der Waals surface area (Å²) in [6.45, 7) is 7.13. The summed E-state index contributed by atoms with van der Waals surface area (Å²) in [7, 11) is -4.23. The number of hydrogen-bond donors (Lipinski definition) is 1. The molecule has 0 aliphatic rings. The number of nitrogens with zero attached hydrogens (tertiary/aromatic N) is 2. The van der Waals surface area contributed by atoms with Crippen molar-refractivity contribution in [2.75, 3.05) is 10.8 Å². The Morgan fingerprint density at radius 2 is 1.30 bits per heavy atom. The molecule has 2 amide bonds. The smallest absolute Gasteiger partial charge is 0.264 e.